The van der Waals surface area contributed by atoms with Crippen LogP contribution >= 0.6 is 0 Å². The predicted octanol–water partition coefficient (Wildman–Crippen LogP) is 2.40. The summed E-state index contributed by atoms with van der Waals surface area (Å²) in [6.45, 7) is 5.61. The summed E-state index contributed by atoms with van der Waals surface area (Å²) in [7, 11) is 0. The minimum atomic E-state index is -0.923. The molecule has 0 aliphatic carbocycles. The van der Waals surface area contributed by atoms with E-state index in [0.29, 0.717) is 5.56 Å². The normalized spacial score (nSPS) is 11.4. The Hall–Kier alpha value is -1.49. The first-order chi connectivity index (χ1) is 8.28. The summed E-state index contributed by atoms with van der Waals surface area (Å²) in [6, 6.07) is 3.51. The van der Waals surface area contributed by atoms with Gasteiger partial charge in [0.25, 0.3) is 0 Å². The molecule has 18 heavy (non-hydrogen) atoms. The van der Waals surface area contributed by atoms with Crippen molar-refractivity contribution < 1.29 is 18.3 Å². The summed E-state index contributed by atoms with van der Waals surface area (Å²) in [4.78, 5) is 11.4. The number of carbonyl (C=O) groups excluding carboxylic acids is 1. The van der Waals surface area contributed by atoms with E-state index in [9.17, 15) is 13.6 Å². The molecule has 0 saturated heterocycles. The molecule has 0 aliphatic heterocycles. The van der Waals surface area contributed by atoms with Crippen molar-refractivity contribution in [2.45, 2.75) is 32.9 Å². The molecule has 0 heterocycles. The summed E-state index contributed by atoms with van der Waals surface area (Å²) in [5.41, 5.74) is 0.109. The van der Waals surface area contributed by atoms with Crippen molar-refractivity contribution in [3.05, 3.63) is 35.4 Å². The average molecular weight is 257 g/mol. The average Bonchev–Trinajstić information content (AvgIpc) is 2.27. The zero-order valence-corrected chi connectivity index (χ0v) is 10.7. The molecule has 0 bridgehead atoms. The van der Waals surface area contributed by atoms with Crippen LogP contribution in [0, 0.1) is 11.6 Å². The van der Waals surface area contributed by atoms with E-state index in [-0.39, 0.29) is 24.7 Å². The van der Waals surface area contributed by atoms with Crippen LogP contribution in [0.25, 0.3) is 0 Å². The Labute approximate surface area is 105 Å². The number of nitrogens with one attached hydrogen (secondary N) is 1. The summed E-state index contributed by atoms with van der Waals surface area (Å²) >= 11 is 0. The third-order valence-corrected chi connectivity index (χ3v) is 2.11. The number of benzene rings is 1. The van der Waals surface area contributed by atoms with E-state index in [2.05, 4.69) is 5.32 Å². The smallest absolute Gasteiger partial charge is 0.246 e. The molecule has 100 valence electrons. The molecule has 0 unspecified atom stereocenters. The van der Waals surface area contributed by atoms with Crippen molar-refractivity contribution in [3.8, 4) is 0 Å². The molecule has 0 atom stereocenters. The van der Waals surface area contributed by atoms with Crippen LogP contribution in [0.15, 0.2) is 18.2 Å². The van der Waals surface area contributed by atoms with Crippen molar-refractivity contribution in [2.75, 3.05) is 6.61 Å². The standard InChI is InChI=1S/C13H17F2NO2/c1-13(2,3)18-8-12(17)16-7-9-4-5-10(14)11(15)6-9/h4-6H,7-8H2,1-3H3,(H,16,17). The third kappa shape index (κ3) is 5.23. The van der Waals surface area contributed by atoms with Crippen molar-refractivity contribution in [1.29, 1.82) is 0 Å². The van der Waals surface area contributed by atoms with Gasteiger partial charge in [-0.2, -0.15) is 0 Å². The van der Waals surface area contributed by atoms with Crippen LogP contribution in [-0.4, -0.2) is 18.1 Å². The zero-order valence-electron chi connectivity index (χ0n) is 10.7. The lowest BCUT2D eigenvalue weighted by Gasteiger charge is -2.18. The topological polar surface area (TPSA) is 38.3 Å². The molecule has 1 N–H and O–H groups in total. The highest BCUT2D eigenvalue weighted by atomic mass is 19.2. The lowest BCUT2D eigenvalue weighted by molar-refractivity contribution is -0.130. The molecule has 1 amide bonds. The Kier molecular flexibility index (Phi) is 4.78. The van der Waals surface area contributed by atoms with Crippen LogP contribution in [-0.2, 0) is 16.1 Å². The van der Waals surface area contributed by atoms with Gasteiger partial charge in [-0.25, -0.2) is 8.78 Å². The fourth-order valence-electron chi connectivity index (χ4n) is 1.18. The second-order valence-electron chi connectivity index (χ2n) is 4.93. The molecule has 1 rings (SSSR count). The summed E-state index contributed by atoms with van der Waals surface area (Å²) < 4.78 is 30.8. The molecule has 0 spiro atoms. The van der Waals surface area contributed by atoms with Crippen molar-refractivity contribution in [3.63, 3.8) is 0 Å². The highest BCUT2D eigenvalue weighted by molar-refractivity contribution is 5.77. The van der Waals surface area contributed by atoms with Crippen LogP contribution in [0.1, 0.15) is 26.3 Å². The van der Waals surface area contributed by atoms with Gasteiger partial charge >= 0.3 is 0 Å². The molecule has 0 aromatic heterocycles. The lowest BCUT2D eigenvalue weighted by Crippen LogP contribution is -2.31. The van der Waals surface area contributed by atoms with Crippen LogP contribution < -0.4 is 5.32 Å². The number of halogens is 2. The second kappa shape index (κ2) is 5.91. The zero-order chi connectivity index (χ0) is 13.8. The van der Waals surface area contributed by atoms with E-state index in [4.69, 9.17) is 4.74 Å². The van der Waals surface area contributed by atoms with Gasteiger partial charge in [0.1, 0.15) is 6.61 Å². The molecule has 1 aromatic rings. The number of amides is 1. The van der Waals surface area contributed by atoms with E-state index in [1.54, 1.807) is 0 Å². The third-order valence-electron chi connectivity index (χ3n) is 2.11. The molecule has 0 fully saturated rings. The lowest BCUT2D eigenvalue weighted by atomic mass is 10.2. The van der Waals surface area contributed by atoms with Gasteiger partial charge in [-0.15, -0.1) is 0 Å². The summed E-state index contributed by atoms with van der Waals surface area (Å²) in [5, 5.41) is 2.57. The maximum absolute atomic E-state index is 12.9. The fraction of sp³-hybridized carbons (Fsp3) is 0.462. The van der Waals surface area contributed by atoms with Crippen molar-refractivity contribution in [1.82, 2.24) is 5.32 Å². The molecule has 0 radical (unpaired) electrons. The van der Waals surface area contributed by atoms with Crippen molar-refractivity contribution >= 4 is 5.91 Å². The Balaban J connectivity index is 2.40. The SMILES string of the molecule is CC(C)(C)OCC(=O)NCc1ccc(F)c(F)c1. The van der Waals surface area contributed by atoms with Gasteiger partial charge in [0.05, 0.1) is 5.60 Å². The van der Waals surface area contributed by atoms with Crippen LogP contribution in [0.4, 0.5) is 8.78 Å². The molecule has 3 nitrogen and oxygen atoms in total. The maximum atomic E-state index is 12.9. The molecule has 0 saturated carbocycles. The number of carbonyl (C=O) groups is 1. The first kappa shape index (κ1) is 14.6. The van der Waals surface area contributed by atoms with Gasteiger partial charge in [0.2, 0.25) is 5.91 Å². The van der Waals surface area contributed by atoms with Crippen LogP contribution in [0.3, 0.4) is 0 Å². The predicted molar refractivity (Wildman–Crippen MR) is 63.9 cm³/mol. The van der Waals surface area contributed by atoms with Gasteiger partial charge in [0, 0.05) is 6.54 Å². The Morgan fingerprint density at radius 2 is 1.94 bits per heavy atom. The van der Waals surface area contributed by atoms with E-state index < -0.39 is 11.6 Å². The van der Waals surface area contributed by atoms with Gasteiger partial charge in [-0.3, -0.25) is 4.79 Å². The number of hydrogen-bond donors (Lipinski definition) is 1. The second-order valence-corrected chi connectivity index (χ2v) is 4.93. The molecular weight excluding hydrogens is 240 g/mol. The molecule has 0 aliphatic rings. The number of hydrogen-bond acceptors (Lipinski definition) is 2. The summed E-state index contributed by atoms with van der Waals surface area (Å²) in [5.74, 6) is -2.12. The quantitative estimate of drug-likeness (QED) is 0.899. The highest BCUT2D eigenvalue weighted by Gasteiger charge is 2.12. The molecule has 1 aromatic carbocycles. The highest BCUT2D eigenvalue weighted by Crippen LogP contribution is 2.08. The van der Waals surface area contributed by atoms with E-state index >= 15 is 0 Å². The van der Waals surface area contributed by atoms with Gasteiger partial charge in [0.15, 0.2) is 11.6 Å². The van der Waals surface area contributed by atoms with E-state index in [1.807, 2.05) is 20.8 Å². The number of ether oxygens (including phenoxy) is 1. The monoisotopic (exact) mass is 257 g/mol. The Morgan fingerprint density at radius 1 is 1.28 bits per heavy atom. The largest absolute Gasteiger partial charge is 0.366 e. The maximum Gasteiger partial charge on any atom is 0.246 e. The van der Waals surface area contributed by atoms with E-state index in [1.165, 1.54) is 6.07 Å². The number of rotatable bonds is 4. The van der Waals surface area contributed by atoms with Gasteiger partial charge in [-0.1, -0.05) is 6.07 Å². The minimum Gasteiger partial charge on any atom is -0.366 e. The first-order valence-corrected chi connectivity index (χ1v) is 5.62. The Bertz CT molecular complexity index is 427. The fourth-order valence-corrected chi connectivity index (χ4v) is 1.18. The van der Waals surface area contributed by atoms with Crippen LogP contribution in [0.2, 0.25) is 0 Å². The molecular formula is C13H17F2NO2. The van der Waals surface area contributed by atoms with Crippen molar-refractivity contribution in [2.24, 2.45) is 0 Å². The first-order valence-electron chi connectivity index (χ1n) is 5.62. The van der Waals surface area contributed by atoms with Gasteiger partial charge in [-0.05, 0) is 38.5 Å². The van der Waals surface area contributed by atoms with E-state index in [0.717, 1.165) is 12.1 Å². The Morgan fingerprint density at radius 3 is 2.50 bits per heavy atom. The minimum absolute atomic E-state index is 0.0623. The van der Waals surface area contributed by atoms with Crippen LogP contribution in [0.5, 0.6) is 0 Å². The summed E-state index contributed by atoms with van der Waals surface area (Å²) in [6.07, 6.45) is 0. The molecule has 5 heteroatoms. The van der Waals surface area contributed by atoms with Gasteiger partial charge < -0.3 is 10.1 Å².